The minimum Gasteiger partial charge on any atom is -0.493 e. The Kier molecular flexibility index (Phi) is 6.94. The van der Waals surface area contributed by atoms with Crippen LogP contribution >= 0.6 is 35.6 Å². The molecule has 4 rings (SSSR count). The number of halogens is 2. The van der Waals surface area contributed by atoms with Gasteiger partial charge in [0.25, 0.3) is 5.91 Å². The first-order valence-corrected chi connectivity index (χ1v) is 12.6. The molecule has 0 aromatic heterocycles. The maximum absolute atomic E-state index is 13.1. The number of hydrogen-bond acceptors (Lipinski definition) is 7. The van der Waals surface area contributed by atoms with Gasteiger partial charge in [0.1, 0.15) is 10.7 Å². The van der Waals surface area contributed by atoms with Crippen LogP contribution in [0, 0.1) is 5.82 Å². The van der Waals surface area contributed by atoms with E-state index in [1.54, 1.807) is 36.4 Å². The topological polar surface area (TPSA) is 72.9 Å². The van der Waals surface area contributed by atoms with Crippen molar-refractivity contribution in [1.29, 1.82) is 0 Å². The number of carbonyl (C=O) groups is 1. The van der Waals surface area contributed by atoms with Crippen LogP contribution in [-0.2, 0) is 14.9 Å². The zero-order valence-electron chi connectivity index (χ0n) is 17.4. The van der Waals surface area contributed by atoms with E-state index in [0.717, 1.165) is 36.0 Å². The molecular formula is C23H15ClFNO5S3. The number of thiocarbonyl (C=S) groups is 1. The molecule has 1 aliphatic rings. The summed E-state index contributed by atoms with van der Waals surface area (Å²) in [6.07, 6.45) is 1.62. The molecule has 3 aromatic rings. The van der Waals surface area contributed by atoms with E-state index in [-0.39, 0.29) is 22.3 Å². The van der Waals surface area contributed by atoms with E-state index in [9.17, 15) is 17.6 Å². The normalized spacial score (nSPS) is 15.1. The molecule has 1 aliphatic heterocycles. The fourth-order valence-corrected chi connectivity index (χ4v) is 5.41. The number of nitrogens with zero attached hydrogens (tertiary/aromatic N) is 1. The van der Waals surface area contributed by atoms with Crippen molar-refractivity contribution in [2.45, 2.75) is 4.90 Å². The minimum atomic E-state index is -4.21. The molecule has 0 bridgehead atoms. The molecule has 1 heterocycles. The average molecular weight is 536 g/mol. The molecule has 34 heavy (non-hydrogen) atoms. The second kappa shape index (κ2) is 9.75. The number of thioether (sulfide) groups is 1. The van der Waals surface area contributed by atoms with Crippen molar-refractivity contribution in [2.75, 3.05) is 12.0 Å². The van der Waals surface area contributed by atoms with Crippen LogP contribution in [0.4, 0.5) is 10.1 Å². The van der Waals surface area contributed by atoms with E-state index in [4.69, 9.17) is 32.7 Å². The molecule has 0 N–H and O–H groups in total. The molecule has 6 nitrogen and oxygen atoms in total. The second-order valence-electron chi connectivity index (χ2n) is 6.90. The molecule has 174 valence electrons. The Labute approximate surface area is 210 Å². The smallest absolute Gasteiger partial charge is 0.339 e. The highest BCUT2D eigenvalue weighted by atomic mass is 35.5. The fourth-order valence-electron chi connectivity index (χ4n) is 3.04. The van der Waals surface area contributed by atoms with Gasteiger partial charge >= 0.3 is 10.1 Å². The number of ether oxygens (including phenoxy) is 1. The van der Waals surface area contributed by atoms with Crippen LogP contribution in [0.5, 0.6) is 11.5 Å². The lowest BCUT2D eigenvalue weighted by Gasteiger charge is -2.14. The summed E-state index contributed by atoms with van der Waals surface area (Å²) in [6, 6.07) is 15.5. The van der Waals surface area contributed by atoms with E-state index >= 15 is 0 Å². The minimum absolute atomic E-state index is 0.0577. The largest absolute Gasteiger partial charge is 0.493 e. The molecule has 1 amide bonds. The number of rotatable bonds is 6. The van der Waals surface area contributed by atoms with Crippen molar-refractivity contribution >= 4 is 67.7 Å². The van der Waals surface area contributed by atoms with Crippen LogP contribution in [0.3, 0.4) is 0 Å². The summed E-state index contributed by atoms with van der Waals surface area (Å²) in [4.78, 5) is 14.5. The first-order chi connectivity index (χ1) is 16.2. The van der Waals surface area contributed by atoms with Gasteiger partial charge in [-0.25, -0.2) is 4.39 Å². The van der Waals surface area contributed by atoms with Crippen molar-refractivity contribution in [1.82, 2.24) is 0 Å². The van der Waals surface area contributed by atoms with Crippen LogP contribution in [-0.4, -0.2) is 25.8 Å². The number of hydrogen-bond donors (Lipinski definition) is 0. The predicted octanol–water partition coefficient (Wildman–Crippen LogP) is 5.66. The Morgan fingerprint density at radius 3 is 2.35 bits per heavy atom. The third-order valence-corrected chi connectivity index (χ3v) is 7.47. The lowest BCUT2D eigenvalue weighted by Crippen LogP contribution is -2.27. The van der Waals surface area contributed by atoms with E-state index < -0.39 is 15.9 Å². The van der Waals surface area contributed by atoms with Gasteiger partial charge < -0.3 is 8.92 Å². The number of benzene rings is 3. The maximum Gasteiger partial charge on any atom is 0.339 e. The Morgan fingerprint density at radius 2 is 1.71 bits per heavy atom. The molecule has 0 aliphatic carbocycles. The predicted molar refractivity (Wildman–Crippen MR) is 134 cm³/mol. The van der Waals surface area contributed by atoms with Gasteiger partial charge in [0, 0.05) is 5.02 Å². The standard InChI is InChI=1S/C23H15ClFNO5S3/c1-30-20-12-14(2-11-19(20)31-34(28,29)18-9-5-16(25)6-10-18)13-21-22(27)26(23(32)33-21)17-7-3-15(24)4-8-17/h2-13H,1H3/b21-13+. The molecular weight excluding hydrogens is 521 g/mol. The van der Waals surface area contributed by atoms with Crippen LogP contribution in [0.2, 0.25) is 5.02 Å². The molecule has 1 saturated heterocycles. The van der Waals surface area contributed by atoms with Crippen molar-refractivity contribution in [2.24, 2.45) is 0 Å². The molecule has 0 radical (unpaired) electrons. The summed E-state index contributed by atoms with van der Waals surface area (Å²) in [7, 11) is -2.85. The second-order valence-corrected chi connectivity index (χ2v) is 10.6. The van der Waals surface area contributed by atoms with E-state index in [1.807, 2.05) is 0 Å². The Balaban J connectivity index is 1.59. The summed E-state index contributed by atoms with van der Waals surface area (Å²) in [5, 5.41) is 0.542. The lowest BCUT2D eigenvalue weighted by atomic mass is 10.2. The van der Waals surface area contributed by atoms with Crippen molar-refractivity contribution in [3.63, 3.8) is 0 Å². The first-order valence-electron chi connectivity index (χ1n) is 9.59. The average Bonchev–Trinajstić information content (AvgIpc) is 3.08. The highest BCUT2D eigenvalue weighted by Crippen LogP contribution is 2.38. The van der Waals surface area contributed by atoms with E-state index in [0.29, 0.717) is 25.5 Å². The quantitative estimate of drug-likeness (QED) is 0.229. The number of methoxy groups -OCH3 is 1. The van der Waals surface area contributed by atoms with Gasteiger partial charge in [-0.15, -0.1) is 0 Å². The van der Waals surface area contributed by atoms with Gasteiger partial charge in [-0.1, -0.05) is 41.6 Å². The van der Waals surface area contributed by atoms with Crippen molar-refractivity contribution in [3.8, 4) is 11.5 Å². The van der Waals surface area contributed by atoms with Gasteiger partial charge in [-0.3, -0.25) is 9.69 Å². The first kappa shape index (κ1) is 24.2. The van der Waals surface area contributed by atoms with Crippen LogP contribution in [0.15, 0.2) is 76.5 Å². The monoisotopic (exact) mass is 535 g/mol. The van der Waals surface area contributed by atoms with Gasteiger partial charge in [0.15, 0.2) is 15.8 Å². The van der Waals surface area contributed by atoms with Crippen LogP contribution < -0.4 is 13.8 Å². The van der Waals surface area contributed by atoms with Crippen molar-refractivity contribution < 1.29 is 26.5 Å². The van der Waals surface area contributed by atoms with E-state index in [1.165, 1.54) is 24.1 Å². The SMILES string of the molecule is COc1cc(/C=C2/SC(=S)N(c3ccc(Cl)cc3)C2=O)ccc1OS(=O)(=O)c1ccc(F)cc1. The Bertz CT molecular complexity index is 1410. The molecule has 0 unspecified atom stereocenters. The zero-order chi connectivity index (χ0) is 24.5. The molecule has 1 fully saturated rings. The summed E-state index contributed by atoms with van der Waals surface area (Å²) >= 11 is 12.4. The van der Waals surface area contributed by atoms with Crippen LogP contribution in [0.1, 0.15) is 5.56 Å². The van der Waals surface area contributed by atoms with Crippen LogP contribution in [0.25, 0.3) is 6.08 Å². The number of carbonyl (C=O) groups excluding carboxylic acids is 1. The summed E-state index contributed by atoms with van der Waals surface area (Å²) in [5.41, 5.74) is 1.17. The summed E-state index contributed by atoms with van der Waals surface area (Å²) in [6.45, 7) is 0. The number of amides is 1. The van der Waals surface area contributed by atoms with Gasteiger partial charge in [0.05, 0.1) is 17.7 Å². The molecule has 11 heteroatoms. The molecule has 0 spiro atoms. The Hall–Kier alpha value is -2.92. The highest BCUT2D eigenvalue weighted by Gasteiger charge is 2.33. The fraction of sp³-hybridized carbons (Fsp3) is 0.0435. The van der Waals surface area contributed by atoms with Crippen molar-refractivity contribution in [3.05, 3.63) is 88.0 Å². The van der Waals surface area contributed by atoms with Gasteiger partial charge in [0.2, 0.25) is 0 Å². The molecule has 3 aromatic carbocycles. The third kappa shape index (κ3) is 5.10. The van der Waals surface area contributed by atoms with E-state index in [2.05, 4.69) is 0 Å². The lowest BCUT2D eigenvalue weighted by molar-refractivity contribution is -0.113. The Morgan fingerprint density at radius 1 is 1.03 bits per heavy atom. The molecule has 0 saturated carbocycles. The molecule has 0 atom stereocenters. The summed E-state index contributed by atoms with van der Waals surface area (Å²) < 4.78 is 49.0. The zero-order valence-corrected chi connectivity index (χ0v) is 20.6. The highest BCUT2D eigenvalue weighted by molar-refractivity contribution is 8.27. The number of anilines is 1. The van der Waals surface area contributed by atoms with Gasteiger partial charge in [-0.2, -0.15) is 8.42 Å². The summed E-state index contributed by atoms with van der Waals surface area (Å²) in [5.74, 6) is -0.789. The maximum atomic E-state index is 13.1. The third-order valence-electron chi connectivity index (χ3n) is 4.67. The van der Waals surface area contributed by atoms with Gasteiger partial charge in [-0.05, 0) is 72.3 Å².